The smallest absolute Gasteiger partial charge is 0.241 e. The summed E-state index contributed by atoms with van der Waals surface area (Å²) in [6.45, 7) is 2.99. The van der Waals surface area contributed by atoms with Crippen LogP contribution in [0.3, 0.4) is 0 Å². The van der Waals surface area contributed by atoms with Crippen molar-refractivity contribution in [1.82, 2.24) is 20.2 Å². The molecular formula is C17H20N4O4. The molecule has 0 aliphatic rings. The van der Waals surface area contributed by atoms with Crippen molar-refractivity contribution >= 4 is 0 Å². The van der Waals surface area contributed by atoms with Crippen LogP contribution >= 0.6 is 0 Å². The normalized spacial score (nSPS) is 11.1. The second-order valence-corrected chi connectivity index (χ2v) is 5.68. The first-order valence-corrected chi connectivity index (χ1v) is 7.74. The van der Waals surface area contributed by atoms with E-state index in [1.807, 2.05) is 37.1 Å². The molecule has 25 heavy (non-hydrogen) atoms. The summed E-state index contributed by atoms with van der Waals surface area (Å²) in [6.07, 6.45) is 0. The highest BCUT2D eigenvalue weighted by molar-refractivity contribution is 5.65. The number of benzene rings is 1. The van der Waals surface area contributed by atoms with Crippen molar-refractivity contribution in [1.29, 1.82) is 0 Å². The van der Waals surface area contributed by atoms with Crippen molar-refractivity contribution in [3.8, 4) is 22.9 Å². The molecule has 0 atom stereocenters. The van der Waals surface area contributed by atoms with Crippen LogP contribution in [0, 0.1) is 6.92 Å². The second kappa shape index (κ2) is 7.35. The van der Waals surface area contributed by atoms with Crippen LogP contribution < -0.4 is 9.47 Å². The van der Waals surface area contributed by atoms with Crippen LogP contribution in [0.5, 0.6) is 11.5 Å². The Hall–Kier alpha value is -2.87. The number of rotatable bonds is 7. The molecule has 8 nitrogen and oxygen atoms in total. The predicted octanol–water partition coefficient (Wildman–Crippen LogP) is 2.68. The van der Waals surface area contributed by atoms with Crippen molar-refractivity contribution in [3.63, 3.8) is 0 Å². The van der Waals surface area contributed by atoms with Crippen molar-refractivity contribution in [3.05, 3.63) is 41.6 Å². The number of aromatic nitrogens is 3. The Balaban J connectivity index is 1.72. The fourth-order valence-corrected chi connectivity index (χ4v) is 2.47. The van der Waals surface area contributed by atoms with E-state index < -0.39 is 0 Å². The minimum Gasteiger partial charge on any atom is -0.497 e. The third kappa shape index (κ3) is 3.97. The summed E-state index contributed by atoms with van der Waals surface area (Å²) in [4.78, 5) is 6.46. The molecule has 0 amide bonds. The number of hydrogen-bond donors (Lipinski definition) is 0. The van der Waals surface area contributed by atoms with Gasteiger partial charge in [0.2, 0.25) is 11.7 Å². The largest absolute Gasteiger partial charge is 0.497 e. The predicted molar refractivity (Wildman–Crippen MR) is 89.2 cm³/mol. The zero-order chi connectivity index (χ0) is 17.8. The fraction of sp³-hybridized carbons (Fsp3) is 0.353. The number of methoxy groups -OCH3 is 2. The second-order valence-electron chi connectivity index (χ2n) is 5.68. The fourth-order valence-electron chi connectivity index (χ4n) is 2.47. The summed E-state index contributed by atoms with van der Waals surface area (Å²) < 4.78 is 21.0. The molecule has 2 aromatic heterocycles. The molecule has 0 aliphatic carbocycles. The Kier molecular flexibility index (Phi) is 4.99. The monoisotopic (exact) mass is 344 g/mol. The van der Waals surface area contributed by atoms with E-state index in [0.29, 0.717) is 36.3 Å². The highest BCUT2D eigenvalue weighted by Crippen LogP contribution is 2.31. The van der Waals surface area contributed by atoms with Crippen LogP contribution in [0.1, 0.15) is 17.3 Å². The van der Waals surface area contributed by atoms with Crippen molar-refractivity contribution in [2.45, 2.75) is 20.0 Å². The van der Waals surface area contributed by atoms with Gasteiger partial charge in [-0.3, -0.25) is 4.90 Å². The molecule has 3 aromatic rings. The maximum absolute atomic E-state index is 5.38. The summed E-state index contributed by atoms with van der Waals surface area (Å²) >= 11 is 0. The van der Waals surface area contributed by atoms with E-state index >= 15 is 0 Å². The third-order valence-corrected chi connectivity index (χ3v) is 3.63. The topological polar surface area (TPSA) is 86.7 Å². The summed E-state index contributed by atoms with van der Waals surface area (Å²) in [5.74, 6) is 3.09. The van der Waals surface area contributed by atoms with Crippen LogP contribution in [0.4, 0.5) is 0 Å². The molecule has 0 unspecified atom stereocenters. The van der Waals surface area contributed by atoms with Gasteiger partial charge < -0.3 is 18.5 Å². The Labute approximate surface area is 145 Å². The Bertz CT molecular complexity index is 843. The van der Waals surface area contributed by atoms with Gasteiger partial charge in [0.1, 0.15) is 17.3 Å². The van der Waals surface area contributed by atoms with Crippen LogP contribution in [-0.2, 0) is 13.1 Å². The number of nitrogens with zero attached hydrogens (tertiary/aromatic N) is 4. The molecule has 0 N–H and O–H groups in total. The molecule has 0 radical (unpaired) electrons. The molecule has 0 fully saturated rings. The molecule has 0 saturated carbocycles. The average Bonchev–Trinajstić information content (AvgIpc) is 3.23. The lowest BCUT2D eigenvalue weighted by Crippen LogP contribution is -2.17. The van der Waals surface area contributed by atoms with Gasteiger partial charge in [-0.25, -0.2) is 0 Å². The molecule has 8 heteroatoms. The van der Waals surface area contributed by atoms with Crippen LogP contribution in [0.2, 0.25) is 0 Å². The van der Waals surface area contributed by atoms with Crippen LogP contribution in [-0.4, -0.2) is 41.5 Å². The molecule has 1 aromatic carbocycles. The zero-order valence-corrected chi connectivity index (χ0v) is 14.6. The molecule has 2 heterocycles. The Morgan fingerprint density at radius 2 is 1.88 bits per heavy atom. The standard InChI is InChI=1S/C17H20N4O4/c1-11-7-12(19-24-11)9-21(2)10-16-18-17(20-25-16)14-6-5-13(22-3)8-15(14)23-4/h5-8H,9-10H2,1-4H3. The van der Waals surface area contributed by atoms with E-state index in [1.165, 1.54) is 0 Å². The first kappa shape index (κ1) is 17.0. The quantitative estimate of drug-likeness (QED) is 0.646. The van der Waals surface area contributed by atoms with Crippen molar-refractivity contribution < 1.29 is 18.5 Å². The van der Waals surface area contributed by atoms with Gasteiger partial charge in [-0.2, -0.15) is 4.98 Å². The van der Waals surface area contributed by atoms with Crippen molar-refractivity contribution in [2.24, 2.45) is 0 Å². The van der Waals surface area contributed by atoms with Gasteiger partial charge in [0, 0.05) is 18.7 Å². The maximum atomic E-state index is 5.38. The van der Waals surface area contributed by atoms with E-state index in [9.17, 15) is 0 Å². The lowest BCUT2D eigenvalue weighted by atomic mass is 10.2. The van der Waals surface area contributed by atoms with E-state index in [1.54, 1.807) is 20.3 Å². The zero-order valence-electron chi connectivity index (χ0n) is 14.6. The lowest BCUT2D eigenvalue weighted by Gasteiger charge is -2.11. The van der Waals surface area contributed by atoms with Gasteiger partial charge >= 0.3 is 0 Å². The van der Waals surface area contributed by atoms with Crippen LogP contribution in [0.25, 0.3) is 11.4 Å². The van der Waals surface area contributed by atoms with Gasteiger partial charge in [0.05, 0.1) is 32.0 Å². The average molecular weight is 344 g/mol. The summed E-state index contributed by atoms with van der Waals surface area (Å²) in [5, 5.41) is 8.02. The number of hydrogen-bond acceptors (Lipinski definition) is 8. The summed E-state index contributed by atoms with van der Waals surface area (Å²) in [5.41, 5.74) is 1.60. The molecule has 0 saturated heterocycles. The molecule has 0 aliphatic heterocycles. The maximum Gasteiger partial charge on any atom is 0.241 e. The Morgan fingerprint density at radius 1 is 1.04 bits per heavy atom. The highest BCUT2D eigenvalue weighted by atomic mass is 16.5. The summed E-state index contributed by atoms with van der Waals surface area (Å²) in [6, 6.07) is 7.35. The molecule has 3 rings (SSSR count). The first-order chi connectivity index (χ1) is 12.1. The minimum atomic E-state index is 0.472. The van der Waals surface area contributed by atoms with Gasteiger partial charge in [-0.15, -0.1) is 0 Å². The van der Waals surface area contributed by atoms with E-state index in [0.717, 1.165) is 17.0 Å². The first-order valence-electron chi connectivity index (χ1n) is 7.74. The SMILES string of the molecule is COc1ccc(-c2noc(CN(C)Cc3cc(C)on3)n2)c(OC)c1. The van der Waals surface area contributed by atoms with Gasteiger partial charge in [-0.1, -0.05) is 10.3 Å². The van der Waals surface area contributed by atoms with Gasteiger partial charge in [0.25, 0.3) is 0 Å². The van der Waals surface area contributed by atoms with Gasteiger partial charge in [0.15, 0.2) is 0 Å². The number of aryl methyl sites for hydroxylation is 1. The third-order valence-electron chi connectivity index (χ3n) is 3.63. The lowest BCUT2D eigenvalue weighted by molar-refractivity contribution is 0.254. The van der Waals surface area contributed by atoms with E-state index in [4.69, 9.17) is 18.5 Å². The Morgan fingerprint density at radius 3 is 2.56 bits per heavy atom. The van der Waals surface area contributed by atoms with Gasteiger partial charge in [-0.05, 0) is 26.1 Å². The molecule has 132 valence electrons. The minimum absolute atomic E-state index is 0.472. The van der Waals surface area contributed by atoms with E-state index in [2.05, 4.69) is 15.3 Å². The van der Waals surface area contributed by atoms with Crippen LogP contribution in [0.15, 0.2) is 33.3 Å². The summed E-state index contributed by atoms with van der Waals surface area (Å²) in [7, 11) is 5.14. The molecule has 0 bridgehead atoms. The van der Waals surface area contributed by atoms with Crippen molar-refractivity contribution in [2.75, 3.05) is 21.3 Å². The highest BCUT2D eigenvalue weighted by Gasteiger charge is 2.16. The molecular weight excluding hydrogens is 324 g/mol. The van der Waals surface area contributed by atoms with E-state index in [-0.39, 0.29) is 0 Å². The molecule has 0 spiro atoms. The number of ether oxygens (including phenoxy) is 2.